The maximum absolute atomic E-state index is 13.1. The summed E-state index contributed by atoms with van der Waals surface area (Å²) in [6.07, 6.45) is 0.716. The zero-order valence-corrected chi connectivity index (χ0v) is 32.0. The fourth-order valence-corrected chi connectivity index (χ4v) is 7.71. The normalized spacial score (nSPS) is 11.7. The summed E-state index contributed by atoms with van der Waals surface area (Å²) in [4.78, 5) is 39.8. The molecule has 0 atom stereocenters. The topological polar surface area (TPSA) is 99.6 Å². The number of rotatable bonds is 11. The zero-order valence-electron chi connectivity index (χ0n) is 31.2. The van der Waals surface area contributed by atoms with Gasteiger partial charge in [0.15, 0.2) is 17.5 Å². The second-order valence-electron chi connectivity index (χ2n) is 13.3. The number of carbonyl (C=O) groups excluding carboxylic acids is 1. The van der Waals surface area contributed by atoms with Crippen molar-refractivity contribution < 1.29 is 4.79 Å². The Bertz CT molecular complexity index is 2680. The van der Waals surface area contributed by atoms with Crippen LogP contribution in [0.4, 0.5) is 0 Å². The molecule has 0 saturated carbocycles. The molecule has 0 aliphatic rings. The van der Waals surface area contributed by atoms with Crippen LogP contribution >= 0.6 is 11.6 Å². The number of carbonyl (C=O) groups is 1. The van der Waals surface area contributed by atoms with Gasteiger partial charge in [0.25, 0.3) is 5.91 Å². The van der Waals surface area contributed by atoms with E-state index in [0.29, 0.717) is 47.3 Å². The summed E-state index contributed by atoms with van der Waals surface area (Å²) in [5.74, 6) is 2.23. The smallest absolute Gasteiger partial charge is 0.272 e. The Morgan fingerprint density at radius 2 is 1.07 bits per heavy atom. The molecule has 8 aromatic rings. The van der Waals surface area contributed by atoms with Crippen molar-refractivity contribution in [2.75, 3.05) is 13.1 Å². The molecule has 0 fully saturated rings. The van der Waals surface area contributed by atoms with Crippen LogP contribution in [0.25, 0.3) is 67.7 Å². The number of aryl methyl sites for hydroxylation is 3. The molecule has 5 aromatic heterocycles. The maximum Gasteiger partial charge on any atom is 0.272 e. The number of hydrogen-bond donors (Lipinski definition) is 0. The Kier molecular flexibility index (Phi) is 9.45. The highest BCUT2D eigenvalue weighted by molar-refractivity contribution is 6.31. The molecule has 0 N–H and O–H groups in total. The van der Waals surface area contributed by atoms with Gasteiger partial charge in [0.05, 0.1) is 33.1 Å². The molecule has 272 valence electrons. The van der Waals surface area contributed by atoms with Crippen LogP contribution < -0.4 is 0 Å². The molecule has 3 aromatic carbocycles. The van der Waals surface area contributed by atoms with Crippen molar-refractivity contribution in [3.63, 3.8) is 0 Å². The number of benzene rings is 3. The number of nitrogens with zero attached hydrogens (tertiary/aromatic N) is 9. The van der Waals surface area contributed by atoms with Gasteiger partial charge in [-0.3, -0.25) is 4.79 Å². The molecule has 5 heterocycles. The average molecular weight is 736 g/mol. The number of halogens is 1. The predicted octanol–water partition coefficient (Wildman–Crippen LogP) is 9.31. The Morgan fingerprint density at radius 3 is 1.63 bits per heavy atom. The van der Waals surface area contributed by atoms with Crippen LogP contribution in [0.15, 0.2) is 91.0 Å². The second-order valence-corrected chi connectivity index (χ2v) is 13.7. The largest absolute Gasteiger partial charge is 0.338 e. The third kappa shape index (κ3) is 6.20. The summed E-state index contributed by atoms with van der Waals surface area (Å²) in [5.41, 5.74) is 10.7. The van der Waals surface area contributed by atoms with E-state index in [1.54, 1.807) is 11.0 Å². The molecule has 1 amide bonds. The number of pyridine rings is 2. The first-order chi connectivity index (χ1) is 26.3. The van der Waals surface area contributed by atoms with Crippen LogP contribution in [-0.2, 0) is 26.1 Å². The third-order valence-corrected chi connectivity index (χ3v) is 10.4. The summed E-state index contributed by atoms with van der Waals surface area (Å²) in [6.45, 7) is 13.8. The highest BCUT2D eigenvalue weighted by atomic mass is 35.5. The lowest BCUT2D eigenvalue weighted by Crippen LogP contribution is -2.31. The highest BCUT2D eigenvalue weighted by Gasteiger charge is 2.20. The van der Waals surface area contributed by atoms with Crippen molar-refractivity contribution in [1.82, 2.24) is 43.5 Å². The van der Waals surface area contributed by atoms with E-state index in [0.717, 1.165) is 81.3 Å². The second kappa shape index (κ2) is 14.5. The fraction of sp³-hybridized carbons (Fsp3) is 0.256. The van der Waals surface area contributed by atoms with Crippen LogP contribution in [-0.4, -0.2) is 62.5 Å². The van der Waals surface area contributed by atoms with E-state index in [-0.39, 0.29) is 5.91 Å². The molecule has 0 saturated heterocycles. The lowest BCUT2D eigenvalue weighted by molar-refractivity contribution is 0.0767. The molecule has 0 bridgehead atoms. The Hall–Kier alpha value is -5.87. The summed E-state index contributed by atoms with van der Waals surface area (Å²) in [5, 5.41) is 0.584. The minimum Gasteiger partial charge on any atom is -0.338 e. The number of imidazole rings is 3. The highest BCUT2D eigenvalue weighted by Crippen LogP contribution is 2.32. The summed E-state index contributed by atoms with van der Waals surface area (Å²) in [7, 11) is 0. The van der Waals surface area contributed by atoms with Gasteiger partial charge in [0, 0.05) is 37.7 Å². The van der Waals surface area contributed by atoms with E-state index in [1.807, 2.05) is 56.3 Å². The van der Waals surface area contributed by atoms with E-state index in [4.69, 9.17) is 36.5 Å². The number of aromatic nitrogens is 8. The molecule has 8 rings (SSSR count). The van der Waals surface area contributed by atoms with E-state index < -0.39 is 0 Å². The lowest BCUT2D eigenvalue weighted by Gasteiger charge is -2.18. The number of amides is 1. The standard InChI is InChI=1S/C43H42ClN9O/c1-6-50(7-2)43(54)32-16-13-15-31(45-32)40-48-33-23-27(18-20-38(33)52(40)9-4)22-28-19-21-39-34(24-28)49-42(53(39)10-5)36-26-29(44)25-35(46-36)41-47-30-14-11-12-17-37(30)51(41)8-3/h11-21,23-26H,6-10,22H2,1-5H3. The first-order valence-electron chi connectivity index (χ1n) is 18.7. The predicted molar refractivity (Wildman–Crippen MR) is 217 cm³/mol. The molecule has 0 spiro atoms. The summed E-state index contributed by atoms with van der Waals surface area (Å²) >= 11 is 6.75. The summed E-state index contributed by atoms with van der Waals surface area (Å²) < 4.78 is 6.52. The first kappa shape index (κ1) is 35.2. The molecule has 11 heteroatoms. The number of para-hydroxylation sites is 2. The maximum atomic E-state index is 13.1. The van der Waals surface area contributed by atoms with Crippen LogP contribution in [0.3, 0.4) is 0 Å². The molecule has 0 radical (unpaired) electrons. The number of fused-ring (bicyclic) bond motifs is 3. The van der Waals surface area contributed by atoms with Crippen LogP contribution in [0.5, 0.6) is 0 Å². The fourth-order valence-electron chi connectivity index (χ4n) is 7.51. The van der Waals surface area contributed by atoms with Gasteiger partial charge in [-0.2, -0.15) is 0 Å². The Balaban J connectivity index is 1.11. The van der Waals surface area contributed by atoms with E-state index in [9.17, 15) is 4.79 Å². The first-order valence-corrected chi connectivity index (χ1v) is 19.1. The molecule has 10 nitrogen and oxygen atoms in total. The molecular formula is C43H42ClN9O. The van der Waals surface area contributed by atoms with E-state index in [2.05, 4.69) is 76.9 Å². The van der Waals surface area contributed by atoms with Crippen molar-refractivity contribution in [2.45, 2.75) is 60.7 Å². The number of hydrogen-bond acceptors (Lipinski definition) is 6. The van der Waals surface area contributed by atoms with Gasteiger partial charge in [0.2, 0.25) is 0 Å². The third-order valence-electron chi connectivity index (χ3n) is 10.1. The van der Waals surface area contributed by atoms with Crippen LogP contribution in [0.1, 0.15) is 56.2 Å². The molecule has 0 unspecified atom stereocenters. The van der Waals surface area contributed by atoms with Crippen molar-refractivity contribution >= 4 is 50.6 Å². The Morgan fingerprint density at radius 1 is 0.556 bits per heavy atom. The van der Waals surface area contributed by atoms with Gasteiger partial charge in [-0.05, 0) is 113 Å². The van der Waals surface area contributed by atoms with Gasteiger partial charge in [-0.15, -0.1) is 0 Å². The Labute approximate surface area is 319 Å². The van der Waals surface area contributed by atoms with Gasteiger partial charge >= 0.3 is 0 Å². The molecule has 54 heavy (non-hydrogen) atoms. The average Bonchev–Trinajstić information content (AvgIpc) is 3.88. The lowest BCUT2D eigenvalue weighted by atomic mass is 10.0. The van der Waals surface area contributed by atoms with Gasteiger partial charge in [0.1, 0.15) is 22.8 Å². The van der Waals surface area contributed by atoms with Gasteiger partial charge in [-0.25, -0.2) is 24.9 Å². The van der Waals surface area contributed by atoms with Crippen molar-refractivity contribution in [3.05, 3.63) is 113 Å². The summed E-state index contributed by atoms with van der Waals surface area (Å²) in [6, 6.07) is 30.4. The van der Waals surface area contributed by atoms with Crippen LogP contribution in [0.2, 0.25) is 5.02 Å². The molecule has 0 aliphatic heterocycles. The van der Waals surface area contributed by atoms with Crippen molar-refractivity contribution in [3.8, 4) is 34.6 Å². The SMILES string of the molecule is CCN(CC)C(=O)c1cccc(-c2nc3cc(Cc4ccc5c(c4)nc(-c4cc(Cl)cc(-c6nc7ccccc7n6CC)n4)n5CC)ccc3n2CC)n1. The minimum atomic E-state index is -0.0709. The van der Waals surface area contributed by atoms with E-state index in [1.165, 1.54) is 0 Å². The minimum absolute atomic E-state index is 0.0709. The van der Waals surface area contributed by atoms with Crippen molar-refractivity contribution in [1.29, 1.82) is 0 Å². The molecule has 0 aliphatic carbocycles. The van der Waals surface area contributed by atoms with Crippen LogP contribution in [0, 0.1) is 0 Å². The monoisotopic (exact) mass is 735 g/mol. The quantitative estimate of drug-likeness (QED) is 0.131. The van der Waals surface area contributed by atoms with Gasteiger partial charge < -0.3 is 18.6 Å². The zero-order chi connectivity index (χ0) is 37.5. The van der Waals surface area contributed by atoms with Gasteiger partial charge in [-0.1, -0.05) is 41.9 Å². The molecular weight excluding hydrogens is 694 g/mol. The van der Waals surface area contributed by atoms with E-state index >= 15 is 0 Å². The van der Waals surface area contributed by atoms with Crippen molar-refractivity contribution in [2.24, 2.45) is 0 Å².